The zero-order valence-electron chi connectivity index (χ0n) is 9.69. The summed E-state index contributed by atoms with van der Waals surface area (Å²) in [5.41, 5.74) is 5.43. The molecule has 3 N–H and O–H groups in total. The first-order valence-electron chi connectivity index (χ1n) is 5.61. The van der Waals surface area contributed by atoms with E-state index in [0.717, 1.165) is 24.3 Å². The van der Waals surface area contributed by atoms with Gasteiger partial charge in [0.2, 0.25) is 10.0 Å². The van der Waals surface area contributed by atoms with Crippen LogP contribution in [0.15, 0.2) is 20.0 Å². The van der Waals surface area contributed by atoms with Gasteiger partial charge in [-0.3, -0.25) is 0 Å². The number of halogens is 1. The molecule has 1 aliphatic heterocycles. The fourth-order valence-electron chi connectivity index (χ4n) is 1.78. The molecule has 0 aliphatic carbocycles. The summed E-state index contributed by atoms with van der Waals surface area (Å²) in [7, 11) is -3.54. The smallest absolute Gasteiger partial charge is 0.245 e. The zero-order valence-corrected chi connectivity index (χ0v) is 12.9. The number of nitrogens with two attached hydrogens (primary N) is 1. The second-order valence-electron chi connectivity index (χ2n) is 4.06. The summed E-state index contributed by atoms with van der Waals surface area (Å²) in [4.78, 5) is 0.126. The number of hydrogen-bond donors (Lipinski definition) is 2. The molecule has 0 atom stereocenters. The molecule has 1 aliphatic rings. The van der Waals surface area contributed by atoms with E-state index in [-0.39, 0.29) is 22.2 Å². The standard InChI is InChI=1S/C10H15BrN2O3S2/c11-10-9(5-8(6-12)16-10)18(14,15)13-7-1-3-17-4-2-7/h5,7,13H,1-4,6,12H2. The lowest BCUT2D eigenvalue weighted by Crippen LogP contribution is -2.37. The molecule has 8 heteroatoms. The average Bonchev–Trinajstić information content (AvgIpc) is 2.72. The lowest BCUT2D eigenvalue weighted by atomic mass is 10.2. The van der Waals surface area contributed by atoms with E-state index in [2.05, 4.69) is 20.7 Å². The number of sulfonamides is 1. The first-order chi connectivity index (χ1) is 8.53. The molecular formula is C10H15BrN2O3S2. The van der Waals surface area contributed by atoms with Crippen LogP contribution in [0.4, 0.5) is 0 Å². The second kappa shape index (κ2) is 5.96. The molecule has 0 spiro atoms. The Hall–Kier alpha value is -0.0200. The number of hydrogen-bond acceptors (Lipinski definition) is 5. The van der Waals surface area contributed by atoms with Crippen LogP contribution in [0, 0.1) is 0 Å². The lowest BCUT2D eigenvalue weighted by molar-refractivity contribution is 0.482. The van der Waals surface area contributed by atoms with Crippen LogP contribution in [0.5, 0.6) is 0 Å². The van der Waals surface area contributed by atoms with Crippen molar-refractivity contribution >= 4 is 37.7 Å². The van der Waals surface area contributed by atoms with Gasteiger partial charge in [0.15, 0.2) is 4.67 Å². The summed E-state index contributed by atoms with van der Waals surface area (Å²) in [6.07, 6.45) is 1.73. The van der Waals surface area contributed by atoms with Crippen molar-refractivity contribution in [2.24, 2.45) is 5.73 Å². The summed E-state index contributed by atoms with van der Waals surface area (Å²) >= 11 is 4.97. The highest BCUT2D eigenvalue weighted by atomic mass is 79.9. The highest BCUT2D eigenvalue weighted by Gasteiger charge is 2.26. The van der Waals surface area contributed by atoms with E-state index in [9.17, 15) is 8.42 Å². The zero-order chi connectivity index (χ0) is 13.2. The third-order valence-electron chi connectivity index (χ3n) is 2.74. The van der Waals surface area contributed by atoms with Crippen LogP contribution in [-0.2, 0) is 16.6 Å². The minimum Gasteiger partial charge on any atom is -0.452 e. The van der Waals surface area contributed by atoms with E-state index in [1.54, 1.807) is 0 Å². The minimum atomic E-state index is -3.54. The topological polar surface area (TPSA) is 85.3 Å². The van der Waals surface area contributed by atoms with Gasteiger partial charge in [0.05, 0.1) is 6.54 Å². The molecule has 1 aromatic heterocycles. The Morgan fingerprint density at radius 3 is 2.72 bits per heavy atom. The first kappa shape index (κ1) is 14.4. The lowest BCUT2D eigenvalue weighted by Gasteiger charge is -2.21. The van der Waals surface area contributed by atoms with Gasteiger partial charge in [0.25, 0.3) is 0 Å². The fourth-order valence-corrected chi connectivity index (χ4v) is 5.19. The molecule has 102 valence electrons. The van der Waals surface area contributed by atoms with Crippen LogP contribution in [0.3, 0.4) is 0 Å². The predicted molar refractivity (Wildman–Crippen MR) is 75.0 cm³/mol. The van der Waals surface area contributed by atoms with Crippen molar-refractivity contribution in [3.05, 3.63) is 16.5 Å². The average molecular weight is 355 g/mol. The normalized spacial score (nSPS) is 18.1. The van der Waals surface area contributed by atoms with Gasteiger partial charge in [-0.15, -0.1) is 0 Å². The molecule has 1 aromatic rings. The third-order valence-corrected chi connectivity index (χ3v) is 6.17. The Balaban J connectivity index is 2.16. The molecule has 5 nitrogen and oxygen atoms in total. The Labute approximate surface area is 119 Å². The minimum absolute atomic E-state index is 0.0133. The van der Waals surface area contributed by atoms with Crippen molar-refractivity contribution < 1.29 is 12.8 Å². The molecule has 1 fully saturated rings. The molecule has 0 radical (unpaired) electrons. The van der Waals surface area contributed by atoms with Crippen molar-refractivity contribution in [1.29, 1.82) is 0 Å². The van der Waals surface area contributed by atoms with Crippen molar-refractivity contribution in [2.75, 3.05) is 11.5 Å². The van der Waals surface area contributed by atoms with Gasteiger partial charge >= 0.3 is 0 Å². The van der Waals surface area contributed by atoms with Crippen LogP contribution in [0.1, 0.15) is 18.6 Å². The van der Waals surface area contributed by atoms with Gasteiger partial charge in [0, 0.05) is 12.1 Å². The Bertz CT molecular complexity index is 509. The Morgan fingerprint density at radius 1 is 1.50 bits per heavy atom. The highest BCUT2D eigenvalue weighted by molar-refractivity contribution is 9.10. The van der Waals surface area contributed by atoms with Gasteiger partial charge in [-0.05, 0) is 40.3 Å². The van der Waals surface area contributed by atoms with Crippen molar-refractivity contribution in [3.63, 3.8) is 0 Å². The van der Waals surface area contributed by atoms with Gasteiger partial charge in [0.1, 0.15) is 10.7 Å². The molecular weight excluding hydrogens is 340 g/mol. The molecule has 0 bridgehead atoms. The van der Waals surface area contributed by atoms with Crippen LogP contribution >= 0.6 is 27.7 Å². The van der Waals surface area contributed by atoms with Crippen molar-refractivity contribution in [3.8, 4) is 0 Å². The maximum atomic E-state index is 12.2. The van der Waals surface area contributed by atoms with Crippen LogP contribution in [0.25, 0.3) is 0 Å². The van der Waals surface area contributed by atoms with E-state index >= 15 is 0 Å². The van der Waals surface area contributed by atoms with E-state index in [1.165, 1.54) is 6.07 Å². The summed E-state index contributed by atoms with van der Waals surface area (Å²) in [5, 5.41) is 0. The van der Waals surface area contributed by atoms with Crippen LogP contribution in [-0.4, -0.2) is 26.0 Å². The molecule has 18 heavy (non-hydrogen) atoms. The Morgan fingerprint density at radius 2 is 2.17 bits per heavy atom. The van der Waals surface area contributed by atoms with E-state index in [4.69, 9.17) is 10.2 Å². The van der Waals surface area contributed by atoms with Crippen molar-refractivity contribution in [2.45, 2.75) is 30.3 Å². The molecule has 0 unspecified atom stereocenters. The molecule has 2 heterocycles. The summed E-state index contributed by atoms with van der Waals surface area (Å²) < 4.78 is 32.5. The maximum Gasteiger partial charge on any atom is 0.245 e. The highest BCUT2D eigenvalue weighted by Crippen LogP contribution is 2.27. The number of nitrogens with one attached hydrogen (secondary N) is 1. The molecule has 2 rings (SSSR count). The fraction of sp³-hybridized carbons (Fsp3) is 0.600. The van der Waals surface area contributed by atoms with Crippen LogP contribution in [0.2, 0.25) is 0 Å². The SMILES string of the molecule is NCc1cc(S(=O)(=O)NC2CCSCC2)c(Br)o1. The summed E-state index contributed by atoms with van der Waals surface area (Å²) in [5.74, 6) is 2.43. The van der Waals surface area contributed by atoms with Gasteiger partial charge < -0.3 is 10.2 Å². The molecule has 0 amide bonds. The molecule has 0 saturated carbocycles. The summed E-state index contributed by atoms with van der Waals surface area (Å²) in [6.45, 7) is 0.175. The van der Waals surface area contributed by atoms with Crippen molar-refractivity contribution in [1.82, 2.24) is 4.72 Å². The predicted octanol–water partition coefficient (Wildman–Crippen LogP) is 1.67. The first-order valence-corrected chi connectivity index (χ1v) is 9.04. The summed E-state index contributed by atoms with van der Waals surface area (Å²) in [6, 6.07) is 1.48. The largest absolute Gasteiger partial charge is 0.452 e. The Kier molecular flexibility index (Phi) is 4.76. The molecule has 1 saturated heterocycles. The van der Waals surface area contributed by atoms with Gasteiger partial charge in [-0.25, -0.2) is 13.1 Å². The second-order valence-corrected chi connectivity index (χ2v) is 7.69. The number of thioether (sulfide) groups is 1. The van der Waals surface area contributed by atoms with Gasteiger partial charge in [-0.1, -0.05) is 0 Å². The van der Waals surface area contributed by atoms with Crippen LogP contribution < -0.4 is 10.5 Å². The maximum absolute atomic E-state index is 12.2. The quantitative estimate of drug-likeness (QED) is 0.858. The van der Waals surface area contributed by atoms with Gasteiger partial charge in [-0.2, -0.15) is 11.8 Å². The monoisotopic (exact) mass is 354 g/mol. The van der Waals surface area contributed by atoms with E-state index in [0.29, 0.717) is 5.76 Å². The third kappa shape index (κ3) is 3.30. The number of rotatable bonds is 4. The van der Waals surface area contributed by atoms with E-state index in [1.807, 2.05) is 11.8 Å². The molecule has 0 aromatic carbocycles. The number of furan rings is 1. The van der Waals surface area contributed by atoms with E-state index < -0.39 is 10.0 Å².